The Morgan fingerprint density at radius 3 is 2.78 bits per heavy atom. The molecule has 18 heavy (non-hydrogen) atoms. The molecule has 1 N–H and O–H groups in total. The zero-order valence-corrected chi connectivity index (χ0v) is 10.6. The Hall–Kier alpha value is -1.55. The van der Waals surface area contributed by atoms with Gasteiger partial charge in [0.1, 0.15) is 0 Å². The molecule has 1 aliphatic rings. The number of carboxylic acids is 1. The van der Waals surface area contributed by atoms with E-state index in [-0.39, 0.29) is 18.4 Å². The molecule has 1 atom stereocenters. The summed E-state index contributed by atoms with van der Waals surface area (Å²) in [5.74, 6) is -1.05. The first kappa shape index (κ1) is 12.9. The Kier molecular flexibility index (Phi) is 3.87. The number of hydrogen-bond donors (Lipinski definition) is 1. The highest BCUT2D eigenvalue weighted by atomic mass is 35.5. The Labute approximate surface area is 110 Å². The molecule has 0 aliphatic carbocycles. The van der Waals surface area contributed by atoms with Crippen LogP contribution in [0.15, 0.2) is 24.3 Å². The predicted molar refractivity (Wildman–Crippen MR) is 67.8 cm³/mol. The van der Waals surface area contributed by atoms with Crippen LogP contribution in [-0.4, -0.2) is 34.5 Å². The Morgan fingerprint density at radius 1 is 1.39 bits per heavy atom. The van der Waals surface area contributed by atoms with Crippen LogP contribution in [-0.2, 0) is 4.79 Å². The van der Waals surface area contributed by atoms with Crippen LogP contribution in [0.3, 0.4) is 0 Å². The van der Waals surface area contributed by atoms with Crippen LogP contribution in [0.1, 0.15) is 29.6 Å². The lowest BCUT2D eigenvalue weighted by Crippen LogP contribution is -2.36. The molecule has 0 bridgehead atoms. The lowest BCUT2D eigenvalue weighted by molar-refractivity contribution is -0.137. The van der Waals surface area contributed by atoms with Gasteiger partial charge in [-0.25, -0.2) is 0 Å². The fraction of sp³-hybridized carbons (Fsp3) is 0.385. The molecule has 1 fully saturated rings. The summed E-state index contributed by atoms with van der Waals surface area (Å²) in [6, 6.07) is 6.63. The topological polar surface area (TPSA) is 57.6 Å². The third-order valence-electron chi connectivity index (χ3n) is 3.15. The number of likely N-dealkylation sites (tertiary alicyclic amines) is 1. The van der Waals surface area contributed by atoms with E-state index in [9.17, 15) is 9.59 Å². The van der Waals surface area contributed by atoms with Crippen LogP contribution in [0.25, 0.3) is 0 Å². The van der Waals surface area contributed by atoms with Crippen LogP contribution in [0.2, 0.25) is 5.02 Å². The molecule has 1 heterocycles. The monoisotopic (exact) mass is 267 g/mol. The first-order valence-corrected chi connectivity index (χ1v) is 6.24. The minimum atomic E-state index is -0.876. The number of nitrogens with zero attached hydrogens (tertiary/aromatic N) is 1. The first-order valence-electron chi connectivity index (χ1n) is 5.87. The number of benzene rings is 1. The van der Waals surface area contributed by atoms with Crippen molar-refractivity contribution in [2.24, 2.45) is 0 Å². The maximum Gasteiger partial charge on any atom is 0.305 e. The van der Waals surface area contributed by atoms with Crippen LogP contribution >= 0.6 is 11.6 Å². The third kappa shape index (κ3) is 2.64. The van der Waals surface area contributed by atoms with Crippen molar-refractivity contribution in [3.05, 3.63) is 34.9 Å². The first-order chi connectivity index (χ1) is 8.59. The summed E-state index contributed by atoms with van der Waals surface area (Å²) in [4.78, 5) is 24.7. The summed E-state index contributed by atoms with van der Waals surface area (Å²) in [6.07, 6.45) is 1.58. The lowest BCUT2D eigenvalue weighted by atomic mass is 10.1. The zero-order chi connectivity index (χ0) is 13.1. The smallest absolute Gasteiger partial charge is 0.305 e. The number of aliphatic carboxylic acids is 1. The summed E-state index contributed by atoms with van der Waals surface area (Å²) < 4.78 is 0. The van der Waals surface area contributed by atoms with E-state index in [4.69, 9.17) is 16.7 Å². The van der Waals surface area contributed by atoms with Crippen LogP contribution in [0.4, 0.5) is 0 Å². The standard InChI is InChI=1S/C13H14ClNO3/c14-11-6-2-1-5-10(11)13(18)15-7-3-4-9(15)8-12(16)17/h1-2,5-6,9H,3-4,7-8H2,(H,16,17). The molecule has 1 aromatic carbocycles. The maximum absolute atomic E-state index is 12.3. The second-order valence-corrected chi connectivity index (χ2v) is 4.78. The summed E-state index contributed by atoms with van der Waals surface area (Å²) in [5.41, 5.74) is 0.441. The number of halogens is 1. The van der Waals surface area contributed by atoms with Crippen molar-refractivity contribution in [2.45, 2.75) is 25.3 Å². The SMILES string of the molecule is O=C(O)CC1CCCN1C(=O)c1ccccc1Cl. The molecule has 1 saturated heterocycles. The minimum absolute atomic E-state index is 0.00378. The van der Waals surface area contributed by atoms with Gasteiger partial charge in [-0.15, -0.1) is 0 Å². The average molecular weight is 268 g/mol. The van der Waals surface area contributed by atoms with Gasteiger partial charge in [-0.2, -0.15) is 0 Å². The van der Waals surface area contributed by atoms with E-state index in [0.29, 0.717) is 17.1 Å². The molecule has 0 saturated carbocycles. The molecular weight excluding hydrogens is 254 g/mol. The average Bonchev–Trinajstić information content (AvgIpc) is 2.76. The van der Waals surface area contributed by atoms with E-state index >= 15 is 0 Å². The fourth-order valence-electron chi connectivity index (χ4n) is 2.31. The van der Waals surface area contributed by atoms with Crippen molar-refractivity contribution in [3.8, 4) is 0 Å². The molecule has 1 aliphatic heterocycles. The van der Waals surface area contributed by atoms with Gasteiger partial charge in [-0.3, -0.25) is 9.59 Å². The second-order valence-electron chi connectivity index (χ2n) is 4.37. The Morgan fingerprint density at radius 2 is 2.11 bits per heavy atom. The largest absolute Gasteiger partial charge is 0.481 e. The molecule has 96 valence electrons. The van der Waals surface area contributed by atoms with Crippen molar-refractivity contribution >= 4 is 23.5 Å². The molecule has 1 aromatic rings. The molecular formula is C13H14ClNO3. The summed E-state index contributed by atoms with van der Waals surface area (Å²) >= 11 is 5.99. The second kappa shape index (κ2) is 5.40. The number of amides is 1. The van der Waals surface area contributed by atoms with Gasteiger partial charge in [0.05, 0.1) is 17.0 Å². The maximum atomic E-state index is 12.3. The van der Waals surface area contributed by atoms with Gasteiger partial charge in [0.2, 0.25) is 0 Å². The van der Waals surface area contributed by atoms with E-state index in [0.717, 1.165) is 12.8 Å². The van der Waals surface area contributed by atoms with Crippen molar-refractivity contribution < 1.29 is 14.7 Å². The fourth-order valence-corrected chi connectivity index (χ4v) is 2.52. The van der Waals surface area contributed by atoms with Gasteiger partial charge in [-0.1, -0.05) is 23.7 Å². The van der Waals surface area contributed by atoms with E-state index in [1.807, 2.05) is 0 Å². The molecule has 0 spiro atoms. The van der Waals surface area contributed by atoms with Crippen LogP contribution < -0.4 is 0 Å². The van der Waals surface area contributed by atoms with Gasteiger partial charge >= 0.3 is 5.97 Å². The van der Waals surface area contributed by atoms with Gasteiger partial charge in [0.25, 0.3) is 5.91 Å². The summed E-state index contributed by atoms with van der Waals surface area (Å²) in [5, 5.41) is 9.24. The van der Waals surface area contributed by atoms with E-state index in [2.05, 4.69) is 0 Å². The molecule has 4 nitrogen and oxygen atoms in total. The molecule has 1 unspecified atom stereocenters. The van der Waals surface area contributed by atoms with Gasteiger partial charge < -0.3 is 10.0 Å². The van der Waals surface area contributed by atoms with Crippen molar-refractivity contribution in [2.75, 3.05) is 6.54 Å². The molecule has 5 heteroatoms. The zero-order valence-electron chi connectivity index (χ0n) is 9.80. The molecule has 0 radical (unpaired) electrons. The normalized spacial score (nSPS) is 18.9. The van der Waals surface area contributed by atoms with Crippen LogP contribution in [0, 0.1) is 0 Å². The van der Waals surface area contributed by atoms with Gasteiger partial charge in [0, 0.05) is 12.6 Å². The van der Waals surface area contributed by atoms with Crippen LogP contribution in [0.5, 0.6) is 0 Å². The number of carbonyl (C=O) groups is 2. The van der Waals surface area contributed by atoms with E-state index in [1.54, 1.807) is 29.2 Å². The quantitative estimate of drug-likeness (QED) is 0.915. The molecule has 2 rings (SSSR count). The molecule has 1 amide bonds. The Balaban J connectivity index is 2.18. The van der Waals surface area contributed by atoms with E-state index in [1.165, 1.54) is 0 Å². The minimum Gasteiger partial charge on any atom is -0.481 e. The number of rotatable bonds is 3. The van der Waals surface area contributed by atoms with E-state index < -0.39 is 5.97 Å². The Bertz CT molecular complexity index is 475. The van der Waals surface area contributed by atoms with Crippen molar-refractivity contribution in [1.82, 2.24) is 4.90 Å². The molecule has 0 aromatic heterocycles. The summed E-state index contributed by atoms with van der Waals surface area (Å²) in [7, 11) is 0. The number of carboxylic acid groups (broad SMARTS) is 1. The van der Waals surface area contributed by atoms with Gasteiger partial charge in [-0.05, 0) is 25.0 Å². The third-order valence-corrected chi connectivity index (χ3v) is 3.48. The van der Waals surface area contributed by atoms with Crippen molar-refractivity contribution in [1.29, 1.82) is 0 Å². The summed E-state index contributed by atoms with van der Waals surface area (Å²) in [6.45, 7) is 0.599. The van der Waals surface area contributed by atoms with Gasteiger partial charge in [0.15, 0.2) is 0 Å². The van der Waals surface area contributed by atoms with Crippen molar-refractivity contribution in [3.63, 3.8) is 0 Å². The lowest BCUT2D eigenvalue weighted by Gasteiger charge is -2.23. The highest BCUT2D eigenvalue weighted by Gasteiger charge is 2.31. The highest BCUT2D eigenvalue weighted by Crippen LogP contribution is 2.25. The number of carbonyl (C=O) groups excluding carboxylic acids is 1. The highest BCUT2D eigenvalue weighted by molar-refractivity contribution is 6.33. The predicted octanol–water partition coefficient (Wildman–Crippen LogP) is 2.42. The number of hydrogen-bond acceptors (Lipinski definition) is 2.